The summed E-state index contributed by atoms with van der Waals surface area (Å²) in [6, 6.07) is 0. The van der Waals surface area contributed by atoms with Crippen molar-refractivity contribution in [3.8, 4) is 0 Å². The summed E-state index contributed by atoms with van der Waals surface area (Å²) in [5, 5.41) is 0. The van der Waals surface area contributed by atoms with E-state index < -0.39 is 0 Å². The quantitative estimate of drug-likeness (QED) is 0.621. The average molecular weight is 189 g/mol. The van der Waals surface area contributed by atoms with Gasteiger partial charge in [-0.05, 0) is 12.3 Å². The fourth-order valence-electron chi connectivity index (χ4n) is 0.719. The first-order chi connectivity index (χ1) is 5.61. The molecule has 0 saturated heterocycles. The molecule has 1 radical (unpaired) electrons. The van der Waals surface area contributed by atoms with Gasteiger partial charge in [-0.1, -0.05) is 33.4 Å². The van der Waals surface area contributed by atoms with Crippen molar-refractivity contribution in [1.82, 2.24) is 0 Å². The zero-order valence-corrected chi connectivity index (χ0v) is 8.82. The van der Waals surface area contributed by atoms with Crippen LogP contribution in [0.5, 0.6) is 0 Å². The molecule has 1 unspecified atom stereocenters. The number of esters is 1. The van der Waals surface area contributed by atoms with Gasteiger partial charge in [0.05, 0.1) is 12.5 Å². The summed E-state index contributed by atoms with van der Waals surface area (Å²) in [5.74, 6) is 0.643. The van der Waals surface area contributed by atoms with E-state index in [1.807, 2.05) is 20.8 Å². The molecule has 12 heavy (non-hydrogen) atoms. The molecule has 0 spiro atoms. The van der Waals surface area contributed by atoms with Gasteiger partial charge in [0.25, 0.3) is 0 Å². The molecule has 0 aliphatic carbocycles. The van der Waals surface area contributed by atoms with Crippen molar-refractivity contribution in [2.24, 2.45) is 11.8 Å². The van der Waals surface area contributed by atoms with Crippen molar-refractivity contribution in [3.63, 3.8) is 0 Å². The first kappa shape index (κ1) is 11.8. The van der Waals surface area contributed by atoms with Gasteiger partial charge in [-0.25, -0.2) is 0 Å². The van der Waals surface area contributed by atoms with Crippen LogP contribution in [-0.4, -0.2) is 18.3 Å². The van der Waals surface area contributed by atoms with E-state index in [4.69, 9.17) is 17.4 Å². The lowest BCUT2D eigenvalue weighted by Gasteiger charge is -2.12. The summed E-state index contributed by atoms with van der Waals surface area (Å²) in [7, 11) is 0. The van der Waals surface area contributed by atoms with Gasteiger partial charge in [0.1, 0.15) is 0 Å². The maximum absolute atomic E-state index is 11.2. The predicted molar refractivity (Wildman–Crippen MR) is 52.0 cm³/mol. The van der Waals surface area contributed by atoms with Gasteiger partial charge in [0, 0.05) is 5.75 Å². The Bertz CT molecular complexity index is 130. The van der Waals surface area contributed by atoms with Crippen LogP contribution in [0.1, 0.15) is 27.2 Å². The Morgan fingerprint density at radius 3 is 2.42 bits per heavy atom. The van der Waals surface area contributed by atoms with Crippen LogP contribution in [0.2, 0.25) is 0 Å². The molecule has 0 saturated carbocycles. The largest absolute Gasteiger partial charge is 0.465 e. The Labute approximate surface area is 80.1 Å². The molecule has 3 heteroatoms. The molecule has 2 nitrogen and oxygen atoms in total. The monoisotopic (exact) mass is 189 g/mol. The molecule has 0 aliphatic heterocycles. The number of hydrogen-bond acceptors (Lipinski definition) is 2. The van der Waals surface area contributed by atoms with Gasteiger partial charge < -0.3 is 4.74 Å². The normalized spacial score (nSPS) is 13.1. The molecule has 0 amide bonds. The van der Waals surface area contributed by atoms with Crippen molar-refractivity contribution in [2.75, 3.05) is 12.4 Å². The van der Waals surface area contributed by atoms with E-state index in [-0.39, 0.29) is 11.9 Å². The van der Waals surface area contributed by atoms with E-state index in [1.54, 1.807) is 0 Å². The van der Waals surface area contributed by atoms with Gasteiger partial charge in [-0.2, -0.15) is 0 Å². The van der Waals surface area contributed by atoms with Crippen molar-refractivity contribution >= 4 is 18.6 Å². The second kappa shape index (κ2) is 6.35. The summed E-state index contributed by atoms with van der Waals surface area (Å²) in [4.78, 5) is 11.2. The lowest BCUT2D eigenvalue weighted by Crippen LogP contribution is -2.20. The zero-order chi connectivity index (χ0) is 9.56. The highest BCUT2D eigenvalue weighted by Gasteiger charge is 2.16. The highest BCUT2D eigenvalue weighted by Crippen LogP contribution is 2.08. The zero-order valence-electron chi connectivity index (χ0n) is 8.00. The van der Waals surface area contributed by atoms with E-state index in [1.165, 1.54) is 0 Å². The summed E-state index contributed by atoms with van der Waals surface area (Å²) < 4.78 is 5.04. The highest BCUT2D eigenvalue weighted by atomic mass is 32.1. The number of carbonyl (C=O) groups is 1. The van der Waals surface area contributed by atoms with E-state index in [2.05, 4.69) is 0 Å². The second-order valence-corrected chi connectivity index (χ2v) is 3.63. The van der Waals surface area contributed by atoms with Gasteiger partial charge in [0.15, 0.2) is 0 Å². The number of rotatable bonds is 5. The fourth-order valence-corrected chi connectivity index (χ4v) is 1.09. The Morgan fingerprint density at radius 2 is 2.08 bits per heavy atom. The second-order valence-electron chi connectivity index (χ2n) is 3.30. The van der Waals surface area contributed by atoms with Gasteiger partial charge in [0.2, 0.25) is 0 Å². The minimum absolute atomic E-state index is 0.0845. The van der Waals surface area contributed by atoms with E-state index in [9.17, 15) is 4.79 Å². The molecule has 71 valence electrons. The number of ether oxygens (including phenoxy) is 1. The molecule has 0 heterocycles. The minimum Gasteiger partial charge on any atom is -0.465 e. The molecule has 0 aliphatic rings. The van der Waals surface area contributed by atoms with Crippen LogP contribution in [0.15, 0.2) is 0 Å². The van der Waals surface area contributed by atoms with Crippen LogP contribution in [0.4, 0.5) is 0 Å². The molecular weight excluding hydrogens is 172 g/mol. The average Bonchev–Trinajstić information content (AvgIpc) is 2.03. The minimum atomic E-state index is -0.138. The molecule has 0 N–H and O–H groups in total. The maximum atomic E-state index is 11.2. The SMILES string of the molecule is CCC(C[S])C(=O)OCC(C)C. The first-order valence-corrected chi connectivity index (χ1v) is 4.94. The maximum Gasteiger partial charge on any atom is 0.309 e. The molecule has 0 aromatic rings. The topological polar surface area (TPSA) is 26.3 Å². The van der Waals surface area contributed by atoms with Crippen LogP contribution in [0.3, 0.4) is 0 Å². The molecule has 0 rings (SSSR count). The number of carbonyl (C=O) groups excluding carboxylic acids is 1. The van der Waals surface area contributed by atoms with Gasteiger partial charge >= 0.3 is 5.97 Å². The van der Waals surface area contributed by atoms with Crippen LogP contribution in [0, 0.1) is 11.8 Å². The molecule has 1 atom stereocenters. The summed E-state index contributed by atoms with van der Waals surface area (Å²) in [5.41, 5.74) is 0. The Morgan fingerprint density at radius 1 is 1.50 bits per heavy atom. The summed E-state index contributed by atoms with van der Waals surface area (Å²) in [6.45, 7) is 6.49. The van der Waals surface area contributed by atoms with Crippen LogP contribution in [-0.2, 0) is 9.53 Å². The highest BCUT2D eigenvalue weighted by molar-refractivity contribution is 7.80. The summed E-state index contributed by atoms with van der Waals surface area (Å²) in [6.07, 6.45) is 0.778. The van der Waals surface area contributed by atoms with Crippen molar-refractivity contribution in [3.05, 3.63) is 0 Å². The molecule has 0 aromatic carbocycles. The van der Waals surface area contributed by atoms with Gasteiger partial charge in [-0.3, -0.25) is 4.79 Å². The predicted octanol–water partition coefficient (Wildman–Crippen LogP) is 2.41. The Hall–Kier alpha value is -0.180. The van der Waals surface area contributed by atoms with Crippen LogP contribution >= 0.6 is 12.6 Å². The summed E-state index contributed by atoms with van der Waals surface area (Å²) >= 11 is 4.83. The first-order valence-electron chi connectivity index (χ1n) is 4.36. The Balaban J connectivity index is 3.69. The third-order valence-corrected chi connectivity index (χ3v) is 1.99. The van der Waals surface area contributed by atoms with Crippen molar-refractivity contribution < 1.29 is 9.53 Å². The molecule has 0 aromatic heterocycles. The fraction of sp³-hybridized carbons (Fsp3) is 0.889. The standard InChI is InChI=1S/C9H17O2S/c1-4-8(6-12)9(10)11-5-7(2)3/h7-8H,4-6H2,1-3H3. The third kappa shape index (κ3) is 4.65. The smallest absolute Gasteiger partial charge is 0.309 e. The third-order valence-electron chi connectivity index (χ3n) is 1.59. The lowest BCUT2D eigenvalue weighted by atomic mass is 10.1. The van der Waals surface area contributed by atoms with Crippen LogP contribution < -0.4 is 0 Å². The van der Waals surface area contributed by atoms with E-state index in [0.29, 0.717) is 18.3 Å². The van der Waals surface area contributed by atoms with E-state index >= 15 is 0 Å². The van der Waals surface area contributed by atoms with Crippen LogP contribution in [0.25, 0.3) is 0 Å². The van der Waals surface area contributed by atoms with Crippen molar-refractivity contribution in [2.45, 2.75) is 27.2 Å². The molecule has 0 bridgehead atoms. The molecule has 0 fully saturated rings. The van der Waals surface area contributed by atoms with Gasteiger partial charge in [-0.15, -0.1) is 0 Å². The Kier molecular flexibility index (Phi) is 6.25. The van der Waals surface area contributed by atoms with Crippen molar-refractivity contribution in [1.29, 1.82) is 0 Å². The van der Waals surface area contributed by atoms with E-state index in [0.717, 1.165) is 6.42 Å². The number of hydrogen-bond donors (Lipinski definition) is 0. The molecular formula is C9H17O2S. The lowest BCUT2D eigenvalue weighted by molar-refractivity contribution is -0.148.